The molecule has 5 nitrogen and oxygen atoms in total. The van der Waals surface area contributed by atoms with Crippen LogP contribution in [0.4, 0.5) is 5.82 Å². The summed E-state index contributed by atoms with van der Waals surface area (Å²) in [5.74, 6) is 1.40. The second-order valence-corrected chi connectivity index (χ2v) is 4.78. The molecule has 3 aromatic rings. The Hall–Kier alpha value is -2.40. The number of benzene rings is 1. The Bertz CT molecular complexity index is 761. The Morgan fingerprint density at radius 1 is 1.14 bits per heavy atom. The fourth-order valence-electron chi connectivity index (χ4n) is 1.94. The van der Waals surface area contributed by atoms with Crippen LogP contribution in [0.25, 0.3) is 10.9 Å². The van der Waals surface area contributed by atoms with E-state index in [0.29, 0.717) is 17.4 Å². The fourth-order valence-corrected chi connectivity index (χ4v) is 2.15. The van der Waals surface area contributed by atoms with Gasteiger partial charge in [-0.3, -0.25) is 9.97 Å². The molecule has 2 heterocycles. The summed E-state index contributed by atoms with van der Waals surface area (Å²) in [7, 11) is 1.80. The van der Waals surface area contributed by atoms with Crippen LogP contribution in [-0.4, -0.2) is 22.0 Å². The Morgan fingerprint density at radius 2 is 2.05 bits per heavy atom. The van der Waals surface area contributed by atoms with Crippen LogP contribution in [0.1, 0.15) is 5.69 Å². The van der Waals surface area contributed by atoms with Crippen molar-refractivity contribution in [2.75, 3.05) is 12.4 Å². The number of halogens is 1. The van der Waals surface area contributed by atoms with E-state index in [0.717, 1.165) is 22.4 Å². The smallest absolute Gasteiger partial charge is 0.146 e. The van der Waals surface area contributed by atoms with Crippen molar-refractivity contribution in [3.8, 4) is 5.75 Å². The number of fused-ring (bicyclic) bond motifs is 1. The van der Waals surface area contributed by atoms with E-state index in [1.54, 1.807) is 31.7 Å². The van der Waals surface area contributed by atoms with E-state index in [1.807, 2.05) is 18.2 Å². The molecule has 0 saturated heterocycles. The highest BCUT2D eigenvalue weighted by molar-refractivity contribution is 6.35. The molecule has 0 unspecified atom stereocenters. The number of nitrogens with zero attached hydrogens (tertiary/aromatic N) is 3. The molecule has 0 amide bonds. The number of ether oxygens (including phenoxy) is 1. The summed E-state index contributed by atoms with van der Waals surface area (Å²) in [5.41, 5.74) is 1.48. The monoisotopic (exact) mass is 300 g/mol. The zero-order valence-electron chi connectivity index (χ0n) is 11.4. The van der Waals surface area contributed by atoms with Crippen LogP contribution in [0.5, 0.6) is 5.75 Å². The molecule has 6 heteroatoms. The van der Waals surface area contributed by atoms with Crippen LogP contribution in [-0.2, 0) is 6.61 Å². The van der Waals surface area contributed by atoms with Crippen molar-refractivity contribution in [2.24, 2.45) is 0 Å². The molecular weight excluding hydrogens is 288 g/mol. The number of anilines is 1. The summed E-state index contributed by atoms with van der Waals surface area (Å²) in [6.45, 7) is 0.324. The molecule has 21 heavy (non-hydrogen) atoms. The molecule has 1 N–H and O–H groups in total. The van der Waals surface area contributed by atoms with E-state index in [4.69, 9.17) is 16.3 Å². The Balaban J connectivity index is 1.83. The largest absolute Gasteiger partial charge is 0.485 e. The lowest BCUT2D eigenvalue weighted by Gasteiger charge is -2.09. The molecule has 0 radical (unpaired) electrons. The van der Waals surface area contributed by atoms with Gasteiger partial charge in [-0.2, -0.15) is 0 Å². The van der Waals surface area contributed by atoms with E-state index < -0.39 is 0 Å². The van der Waals surface area contributed by atoms with Crippen LogP contribution >= 0.6 is 11.6 Å². The van der Waals surface area contributed by atoms with Crippen molar-refractivity contribution < 1.29 is 4.74 Å². The molecule has 2 aromatic heterocycles. The third kappa shape index (κ3) is 2.87. The second-order valence-electron chi connectivity index (χ2n) is 4.38. The van der Waals surface area contributed by atoms with Gasteiger partial charge >= 0.3 is 0 Å². The van der Waals surface area contributed by atoms with Crippen molar-refractivity contribution in [3.05, 3.63) is 53.6 Å². The number of rotatable bonds is 4. The van der Waals surface area contributed by atoms with Crippen molar-refractivity contribution in [3.63, 3.8) is 0 Å². The quantitative estimate of drug-likeness (QED) is 0.801. The third-order valence-electron chi connectivity index (χ3n) is 3.02. The minimum Gasteiger partial charge on any atom is -0.485 e. The van der Waals surface area contributed by atoms with Gasteiger partial charge in [0.2, 0.25) is 0 Å². The highest BCUT2D eigenvalue weighted by Gasteiger charge is 2.07. The lowest BCUT2D eigenvalue weighted by atomic mass is 10.2. The molecule has 0 spiro atoms. The van der Waals surface area contributed by atoms with Gasteiger partial charge in [-0.1, -0.05) is 11.6 Å². The van der Waals surface area contributed by atoms with Crippen LogP contribution in [0.2, 0.25) is 5.02 Å². The van der Waals surface area contributed by atoms with E-state index in [9.17, 15) is 0 Å². The van der Waals surface area contributed by atoms with Crippen LogP contribution in [0, 0.1) is 0 Å². The molecule has 0 aliphatic rings. The van der Waals surface area contributed by atoms with Gasteiger partial charge in [0, 0.05) is 18.6 Å². The van der Waals surface area contributed by atoms with Gasteiger partial charge in [-0.15, -0.1) is 0 Å². The number of aromatic nitrogens is 3. The second kappa shape index (κ2) is 5.93. The van der Waals surface area contributed by atoms with Crippen molar-refractivity contribution in [2.45, 2.75) is 6.61 Å². The summed E-state index contributed by atoms with van der Waals surface area (Å²) < 4.78 is 5.79. The predicted molar refractivity (Wildman–Crippen MR) is 82.7 cm³/mol. The maximum absolute atomic E-state index is 6.15. The van der Waals surface area contributed by atoms with Crippen molar-refractivity contribution in [1.82, 2.24) is 15.0 Å². The van der Waals surface area contributed by atoms with Gasteiger partial charge in [0.05, 0.1) is 23.1 Å². The summed E-state index contributed by atoms with van der Waals surface area (Å²) in [6.07, 6.45) is 5.06. The highest BCUT2D eigenvalue weighted by atomic mass is 35.5. The zero-order chi connectivity index (χ0) is 14.7. The van der Waals surface area contributed by atoms with Crippen molar-refractivity contribution in [1.29, 1.82) is 0 Å². The van der Waals surface area contributed by atoms with E-state index in [2.05, 4.69) is 20.3 Å². The topological polar surface area (TPSA) is 59.9 Å². The van der Waals surface area contributed by atoms with Gasteiger partial charge in [0.25, 0.3) is 0 Å². The van der Waals surface area contributed by atoms with E-state index >= 15 is 0 Å². The van der Waals surface area contributed by atoms with Gasteiger partial charge < -0.3 is 10.1 Å². The number of pyridine rings is 1. The molecule has 0 atom stereocenters. The molecule has 3 rings (SSSR count). The number of hydrogen-bond donors (Lipinski definition) is 1. The average Bonchev–Trinajstić information content (AvgIpc) is 2.55. The Kier molecular flexibility index (Phi) is 3.83. The first kappa shape index (κ1) is 13.6. The zero-order valence-corrected chi connectivity index (χ0v) is 12.1. The first-order valence-corrected chi connectivity index (χ1v) is 6.80. The number of nitrogens with one attached hydrogen (secondary N) is 1. The maximum Gasteiger partial charge on any atom is 0.146 e. The lowest BCUT2D eigenvalue weighted by Crippen LogP contribution is -2.01. The van der Waals surface area contributed by atoms with Gasteiger partial charge in [-0.05, 0) is 24.3 Å². The van der Waals surface area contributed by atoms with Crippen LogP contribution in [0.3, 0.4) is 0 Å². The first-order chi connectivity index (χ1) is 10.3. The summed E-state index contributed by atoms with van der Waals surface area (Å²) >= 11 is 6.15. The standard InChI is InChI=1S/C15H13ClN4O/c1-17-14-8-19-10(7-20-14)9-21-13-5-4-12(16)11-3-2-6-18-15(11)13/h2-8H,9H2,1H3,(H,17,20). The molecule has 0 aliphatic carbocycles. The summed E-state index contributed by atoms with van der Waals surface area (Å²) in [6, 6.07) is 7.38. The van der Waals surface area contributed by atoms with E-state index in [-0.39, 0.29) is 0 Å². The molecule has 0 bridgehead atoms. The number of hydrogen-bond acceptors (Lipinski definition) is 5. The molecule has 0 aliphatic heterocycles. The molecule has 106 valence electrons. The van der Waals surface area contributed by atoms with Crippen LogP contribution in [0.15, 0.2) is 42.9 Å². The first-order valence-electron chi connectivity index (χ1n) is 6.42. The third-order valence-corrected chi connectivity index (χ3v) is 3.35. The van der Waals surface area contributed by atoms with Gasteiger partial charge in [0.15, 0.2) is 0 Å². The average molecular weight is 301 g/mol. The van der Waals surface area contributed by atoms with Gasteiger partial charge in [-0.25, -0.2) is 4.98 Å². The van der Waals surface area contributed by atoms with E-state index in [1.165, 1.54) is 0 Å². The maximum atomic E-state index is 6.15. The minimum absolute atomic E-state index is 0.324. The lowest BCUT2D eigenvalue weighted by molar-refractivity contribution is 0.304. The Labute approximate surface area is 127 Å². The Morgan fingerprint density at radius 3 is 2.81 bits per heavy atom. The summed E-state index contributed by atoms with van der Waals surface area (Å²) in [5, 5.41) is 4.44. The highest BCUT2D eigenvalue weighted by Crippen LogP contribution is 2.29. The van der Waals surface area contributed by atoms with Gasteiger partial charge in [0.1, 0.15) is 23.7 Å². The molecule has 0 fully saturated rings. The molecule has 1 aromatic carbocycles. The SMILES string of the molecule is CNc1cnc(COc2ccc(Cl)c3cccnc23)cn1. The predicted octanol–water partition coefficient (Wildman–Crippen LogP) is 3.30. The molecular formula is C15H13ClN4O. The normalized spacial score (nSPS) is 10.6. The minimum atomic E-state index is 0.324. The fraction of sp³-hybridized carbons (Fsp3) is 0.133. The van der Waals surface area contributed by atoms with Crippen molar-refractivity contribution >= 4 is 28.3 Å². The summed E-state index contributed by atoms with van der Waals surface area (Å²) in [4.78, 5) is 12.8. The van der Waals surface area contributed by atoms with Crippen LogP contribution < -0.4 is 10.1 Å². The molecule has 0 saturated carbocycles.